The third-order valence-electron chi connectivity index (χ3n) is 3.01. The van der Waals surface area contributed by atoms with Crippen molar-refractivity contribution in [1.82, 2.24) is 9.55 Å². The molecule has 0 unspecified atom stereocenters. The summed E-state index contributed by atoms with van der Waals surface area (Å²) >= 11 is 0. The number of carboxylic acid groups (broad SMARTS) is 1. The fourth-order valence-corrected chi connectivity index (χ4v) is 2.13. The van der Waals surface area contributed by atoms with Crippen LogP contribution in [0, 0.1) is 0 Å². The standard InChI is InChI=1S/C13H14F2N2O3/c1-2-10-16-9-5-3-4-8(12(19)20)11(9)17(10)6-13(14,15)7-18/h3-5,18H,2,6-7H2,1H3,(H,19,20). The second-order valence-electron chi connectivity index (χ2n) is 4.46. The zero-order valence-corrected chi connectivity index (χ0v) is 10.8. The topological polar surface area (TPSA) is 75.3 Å². The van der Waals surface area contributed by atoms with Gasteiger partial charge in [-0.2, -0.15) is 0 Å². The van der Waals surface area contributed by atoms with Crippen molar-refractivity contribution >= 4 is 17.0 Å². The maximum absolute atomic E-state index is 13.4. The summed E-state index contributed by atoms with van der Waals surface area (Å²) in [6.07, 6.45) is 0.384. The molecule has 0 aliphatic carbocycles. The van der Waals surface area contributed by atoms with Crippen molar-refractivity contribution < 1.29 is 23.8 Å². The number of aliphatic hydroxyl groups is 1. The lowest BCUT2D eigenvalue weighted by Crippen LogP contribution is -2.29. The van der Waals surface area contributed by atoms with E-state index >= 15 is 0 Å². The number of aromatic nitrogens is 2. The van der Waals surface area contributed by atoms with E-state index in [1.165, 1.54) is 16.7 Å². The van der Waals surface area contributed by atoms with Crippen molar-refractivity contribution in [2.24, 2.45) is 0 Å². The average molecular weight is 284 g/mol. The molecular weight excluding hydrogens is 270 g/mol. The first kappa shape index (κ1) is 14.4. The molecule has 0 bridgehead atoms. The van der Waals surface area contributed by atoms with Gasteiger partial charge in [0.2, 0.25) is 0 Å². The molecule has 5 nitrogen and oxygen atoms in total. The zero-order chi connectivity index (χ0) is 14.9. The lowest BCUT2D eigenvalue weighted by Gasteiger charge is -2.17. The number of halogens is 2. The largest absolute Gasteiger partial charge is 0.478 e. The van der Waals surface area contributed by atoms with Crippen LogP contribution in [0.3, 0.4) is 0 Å². The van der Waals surface area contributed by atoms with Crippen LogP contribution in [0.5, 0.6) is 0 Å². The number of benzene rings is 1. The second-order valence-corrected chi connectivity index (χ2v) is 4.46. The minimum absolute atomic E-state index is 0.0801. The Morgan fingerprint density at radius 1 is 1.45 bits per heavy atom. The van der Waals surface area contributed by atoms with Crippen LogP contribution in [0.4, 0.5) is 8.78 Å². The van der Waals surface area contributed by atoms with Crippen LogP contribution in [0.15, 0.2) is 18.2 Å². The van der Waals surface area contributed by atoms with E-state index in [-0.39, 0.29) is 11.1 Å². The van der Waals surface area contributed by atoms with Gasteiger partial charge >= 0.3 is 5.97 Å². The number of carbonyl (C=O) groups is 1. The van der Waals surface area contributed by atoms with E-state index in [0.29, 0.717) is 17.8 Å². The molecule has 108 valence electrons. The SMILES string of the molecule is CCc1nc2cccc(C(=O)O)c2n1CC(F)(F)CO. The summed E-state index contributed by atoms with van der Waals surface area (Å²) in [5, 5.41) is 17.9. The maximum atomic E-state index is 13.4. The van der Waals surface area contributed by atoms with Gasteiger partial charge < -0.3 is 14.8 Å². The van der Waals surface area contributed by atoms with Gasteiger partial charge in [0.1, 0.15) is 12.4 Å². The second kappa shape index (κ2) is 5.16. The van der Waals surface area contributed by atoms with Crippen LogP contribution in [-0.2, 0) is 13.0 Å². The Hall–Kier alpha value is -2.02. The Bertz CT molecular complexity index is 652. The number of carboxylic acids is 1. The molecule has 1 aromatic heterocycles. The quantitative estimate of drug-likeness (QED) is 0.879. The van der Waals surface area contributed by atoms with Crippen molar-refractivity contribution in [3.05, 3.63) is 29.6 Å². The van der Waals surface area contributed by atoms with E-state index in [9.17, 15) is 13.6 Å². The molecule has 0 saturated carbocycles. The molecule has 1 heterocycles. The first-order valence-corrected chi connectivity index (χ1v) is 6.09. The highest BCUT2D eigenvalue weighted by molar-refractivity contribution is 6.01. The van der Waals surface area contributed by atoms with E-state index in [1.54, 1.807) is 13.0 Å². The molecule has 0 amide bonds. The van der Waals surface area contributed by atoms with Gasteiger partial charge in [-0.15, -0.1) is 0 Å². The van der Waals surface area contributed by atoms with E-state index in [4.69, 9.17) is 10.2 Å². The van der Waals surface area contributed by atoms with Gasteiger partial charge in [0.15, 0.2) is 0 Å². The van der Waals surface area contributed by atoms with Crippen LogP contribution in [-0.4, -0.2) is 38.3 Å². The maximum Gasteiger partial charge on any atom is 0.337 e. The summed E-state index contributed by atoms with van der Waals surface area (Å²) in [6.45, 7) is -0.353. The van der Waals surface area contributed by atoms with Gasteiger partial charge in [-0.05, 0) is 12.1 Å². The van der Waals surface area contributed by atoms with Gasteiger partial charge in [0.25, 0.3) is 5.92 Å². The summed E-state index contributed by atoms with van der Waals surface area (Å²) in [5.74, 6) is -4.17. The van der Waals surface area contributed by atoms with Gasteiger partial charge in [0.05, 0.1) is 23.1 Å². The highest BCUT2D eigenvalue weighted by Gasteiger charge is 2.31. The monoisotopic (exact) mass is 284 g/mol. The number of para-hydroxylation sites is 1. The first-order chi connectivity index (χ1) is 9.39. The number of imidazole rings is 1. The number of alkyl halides is 2. The van der Waals surface area contributed by atoms with Crippen molar-refractivity contribution in [2.75, 3.05) is 6.61 Å². The lowest BCUT2D eigenvalue weighted by molar-refractivity contribution is -0.0626. The predicted octanol–water partition coefficient (Wildman–Crippen LogP) is 1.92. The Balaban J connectivity index is 2.69. The fourth-order valence-electron chi connectivity index (χ4n) is 2.13. The minimum atomic E-state index is -3.33. The molecule has 20 heavy (non-hydrogen) atoms. The van der Waals surface area contributed by atoms with Crippen LogP contribution < -0.4 is 0 Å². The predicted molar refractivity (Wildman–Crippen MR) is 68.1 cm³/mol. The molecule has 2 N–H and O–H groups in total. The zero-order valence-electron chi connectivity index (χ0n) is 10.8. The van der Waals surface area contributed by atoms with Crippen LogP contribution in [0.1, 0.15) is 23.1 Å². The molecule has 0 atom stereocenters. The smallest absolute Gasteiger partial charge is 0.337 e. The number of nitrogens with zero attached hydrogens (tertiary/aromatic N) is 2. The first-order valence-electron chi connectivity index (χ1n) is 6.09. The lowest BCUT2D eigenvalue weighted by atomic mass is 10.2. The highest BCUT2D eigenvalue weighted by atomic mass is 19.3. The van der Waals surface area contributed by atoms with Gasteiger partial charge in [-0.25, -0.2) is 18.6 Å². The van der Waals surface area contributed by atoms with Gasteiger partial charge in [0, 0.05) is 6.42 Å². The number of fused-ring (bicyclic) bond motifs is 1. The molecule has 2 aromatic rings. The third kappa shape index (κ3) is 2.49. The molecule has 0 saturated heterocycles. The summed E-state index contributed by atoms with van der Waals surface area (Å²) in [7, 11) is 0. The number of aromatic carboxylic acids is 1. The summed E-state index contributed by atoms with van der Waals surface area (Å²) in [5.41, 5.74) is 0.434. The van der Waals surface area contributed by atoms with Gasteiger partial charge in [-0.3, -0.25) is 0 Å². The molecule has 0 fully saturated rings. The molecular formula is C13H14F2N2O3. The van der Waals surface area contributed by atoms with Crippen molar-refractivity contribution in [3.8, 4) is 0 Å². The molecule has 1 aromatic carbocycles. The average Bonchev–Trinajstić information content (AvgIpc) is 2.76. The number of hydrogen-bond acceptors (Lipinski definition) is 3. The normalized spacial score (nSPS) is 12.0. The van der Waals surface area contributed by atoms with Gasteiger partial charge in [-0.1, -0.05) is 13.0 Å². The molecule has 0 radical (unpaired) electrons. The fraction of sp³-hybridized carbons (Fsp3) is 0.385. The van der Waals surface area contributed by atoms with Crippen molar-refractivity contribution in [3.63, 3.8) is 0 Å². The number of aryl methyl sites for hydroxylation is 1. The molecule has 0 aliphatic heterocycles. The third-order valence-corrected chi connectivity index (χ3v) is 3.01. The van der Waals surface area contributed by atoms with Crippen LogP contribution >= 0.6 is 0 Å². The summed E-state index contributed by atoms with van der Waals surface area (Å²) in [4.78, 5) is 15.4. The molecule has 7 heteroatoms. The van der Waals surface area contributed by atoms with E-state index in [1.807, 2.05) is 0 Å². The van der Waals surface area contributed by atoms with Crippen LogP contribution in [0.2, 0.25) is 0 Å². The van der Waals surface area contributed by atoms with E-state index < -0.39 is 25.0 Å². The number of aliphatic hydroxyl groups excluding tert-OH is 1. The van der Waals surface area contributed by atoms with Crippen LogP contribution in [0.25, 0.3) is 11.0 Å². The number of hydrogen-bond donors (Lipinski definition) is 2. The highest BCUT2D eigenvalue weighted by Crippen LogP contribution is 2.25. The van der Waals surface area contributed by atoms with Crippen molar-refractivity contribution in [1.29, 1.82) is 0 Å². The Labute approximate surface area is 113 Å². The van der Waals surface area contributed by atoms with Crippen molar-refractivity contribution in [2.45, 2.75) is 25.8 Å². The summed E-state index contributed by atoms with van der Waals surface area (Å²) < 4.78 is 28.1. The Kier molecular flexibility index (Phi) is 3.71. The van der Waals surface area contributed by atoms with E-state index in [2.05, 4.69) is 4.98 Å². The molecule has 0 aliphatic rings. The summed E-state index contributed by atoms with van der Waals surface area (Å²) in [6, 6.07) is 4.45. The minimum Gasteiger partial charge on any atom is -0.478 e. The Morgan fingerprint density at radius 2 is 2.15 bits per heavy atom. The van der Waals surface area contributed by atoms with E-state index in [0.717, 1.165) is 0 Å². The Morgan fingerprint density at radius 3 is 2.70 bits per heavy atom. The molecule has 2 rings (SSSR count). The number of rotatable bonds is 5. The molecule has 0 spiro atoms.